The van der Waals surface area contributed by atoms with Crippen molar-refractivity contribution in [1.29, 1.82) is 0 Å². The van der Waals surface area contributed by atoms with Crippen LogP contribution in [0.25, 0.3) is 6.08 Å². The van der Waals surface area contributed by atoms with Crippen molar-refractivity contribution < 1.29 is 19.1 Å². The van der Waals surface area contributed by atoms with Gasteiger partial charge < -0.3 is 15.0 Å². The second-order valence-corrected chi connectivity index (χ2v) is 9.34. The van der Waals surface area contributed by atoms with Gasteiger partial charge in [0.05, 0.1) is 4.91 Å². The molecule has 0 radical (unpaired) electrons. The molecule has 7 nitrogen and oxygen atoms in total. The van der Waals surface area contributed by atoms with Crippen LogP contribution in [0.4, 0.5) is 16.2 Å². The molecule has 0 spiro atoms. The molecule has 1 aliphatic rings. The summed E-state index contributed by atoms with van der Waals surface area (Å²) in [7, 11) is 0. The number of carbonyl (C=O) groups excluding carboxylic acids is 3. The molecule has 1 saturated heterocycles. The van der Waals surface area contributed by atoms with Crippen LogP contribution in [0, 0.1) is 0 Å². The number of hydrogen-bond acceptors (Lipinski definition) is 6. The van der Waals surface area contributed by atoms with Gasteiger partial charge in [0.15, 0.2) is 0 Å². The molecule has 8 heteroatoms. The van der Waals surface area contributed by atoms with Gasteiger partial charge >= 0.3 is 0 Å². The standard InChI is InChI=1S/C29H29N3O4S/c1-3-31(4-2)24-16-15-22(25(18-24)36-20-21-11-7-5-8-12-21)17-26-28(34)32(29(35)37-26)19-27(33)30-23-13-9-6-10-14-23/h5-18H,3-4,19-20H2,1-2H3,(H,30,33)/b26-17-. The third-order valence-electron chi connectivity index (χ3n) is 5.88. The molecule has 37 heavy (non-hydrogen) atoms. The third kappa shape index (κ3) is 6.59. The second kappa shape index (κ2) is 12.3. The average molecular weight is 516 g/mol. The largest absolute Gasteiger partial charge is 0.488 e. The molecule has 3 amide bonds. The number of ether oxygens (including phenoxy) is 1. The lowest BCUT2D eigenvalue weighted by atomic mass is 10.1. The number of benzene rings is 3. The van der Waals surface area contributed by atoms with Crippen LogP contribution in [0.15, 0.2) is 83.8 Å². The quantitative estimate of drug-likeness (QED) is 0.345. The van der Waals surface area contributed by atoms with Gasteiger partial charge in [0.25, 0.3) is 11.1 Å². The number of amides is 3. The summed E-state index contributed by atoms with van der Waals surface area (Å²) in [6.07, 6.45) is 1.66. The Labute approximate surface area is 221 Å². The summed E-state index contributed by atoms with van der Waals surface area (Å²) < 4.78 is 6.18. The Hall–Kier alpha value is -4.04. The number of rotatable bonds is 10. The van der Waals surface area contributed by atoms with Gasteiger partial charge in [-0.1, -0.05) is 48.5 Å². The minimum Gasteiger partial charge on any atom is -0.488 e. The molecule has 0 saturated carbocycles. The monoisotopic (exact) mass is 515 g/mol. The summed E-state index contributed by atoms with van der Waals surface area (Å²) in [6, 6.07) is 24.6. The normalized spacial score (nSPS) is 14.2. The molecule has 3 aromatic rings. The van der Waals surface area contributed by atoms with Crippen LogP contribution in [0.3, 0.4) is 0 Å². The van der Waals surface area contributed by atoms with Crippen LogP contribution in [-0.2, 0) is 16.2 Å². The van der Waals surface area contributed by atoms with Gasteiger partial charge in [0.1, 0.15) is 18.9 Å². The summed E-state index contributed by atoms with van der Waals surface area (Å²) in [5.74, 6) is -0.327. The first-order chi connectivity index (χ1) is 18.0. The van der Waals surface area contributed by atoms with Gasteiger partial charge in [0.2, 0.25) is 5.91 Å². The Morgan fingerprint density at radius 3 is 2.32 bits per heavy atom. The third-order valence-corrected chi connectivity index (χ3v) is 6.79. The molecule has 190 valence electrons. The number of nitrogens with one attached hydrogen (secondary N) is 1. The summed E-state index contributed by atoms with van der Waals surface area (Å²) in [5, 5.41) is 2.22. The summed E-state index contributed by atoms with van der Waals surface area (Å²) in [5.41, 5.74) is 3.32. The summed E-state index contributed by atoms with van der Waals surface area (Å²) in [4.78, 5) is 41.5. The molecule has 1 N–H and O–H groups in total. The SMILES string of the molecule is CCN(CC)c1ccc(/C=C2\SC(=O)N(CC(=O)Nc3ccccc3)C2=O)c(OCc2ccccc2)c1. The van der Waals surface area contributed by atoms with E-state index in [0.717, 1.165) is 41.0 Å². The minimum atomic E-state index is -0.500. The van der Waals surface area contributed by atoms with E-state index < -0.39 is 17.1 Å². The Morgan fingerprint density at radius 2 is 1.65 bits per heavy atom. The van der Waals surface area contributed by atoms with E-state index in [4.69, 9.17) is 4.74 Å². The number of anilines is 2. The van der Waals surface area contributed by atoms with E-state index in [1.54, 1.807) is 30.3 Å². The topological polar surface area (TPSA) is 79.0 Å². The fourth-order valence-corrected chi connectivity index (χ4v) is 4.76. The summed E-state index contributed by atoms with van der Waals surface area (Å²) in [6.45, 7) is 5.88. The average Bonchev–Trinajstić information content (AvgIpc) is 3.17. The van der Waals surface area contributed by atoms with Crippen molar-refractivity contribution in [1.82, 2.24) is 4.90 Å². The molecule has 0 atom stereocenters. The predicted octanol–water partition coefficient (Wildman–Crippen LogP) is 5.79. The number of hydrogen-bond donors (Lipinski definition) is 1. The van der Waals surface area contributed by atoms with Gasteiger partial charge in [-0.2, -0.15) is 0 Å². The van der Waals surface area contributed by atoms with Crippen LogP contribution in [0.1, 0.15) is 25.0 Å². The van der Waals surface area contributed by atoms with Crippen LogP contribution in [-0.4, -0.2) is 41.6 Å². The lowest BCUT2D eigenvalue weighted by Crippen LogP contribution is -2.36. The highest BCUT2D eigenvalue weighted by Crippen LogP contribution is 2.35. The molecule has 1 fully saturated rings. The van der Waals surface area contributed by atoms with Crippen LogP contribution in [0.2, 0.25) is 0 Å². The molecule has 0 aliphatic carbocycles. The molecule has 0 bridgehead atoms. The lowest BCUT2D eigenvalue weighted by Gasteiger charge is -2.22. The molecule has 3 aromatic carbocycles. The van der Waals surface area contributed by atoms with Gasteiger partial charge in [-0.3, -0.25) is 19.3 Å². The zero-order valence-corrected chi connectivity index (χ0v) is 21.7. The maximum Gasteiger partial charge on any atom is 0.294 e. The molecule has 1 aliphatic heterocycles. The Balaban J connectivity index is 1.55. The van der Waals surface area contributed by atoms with Crippen molar-refractivity contribution in [3.05, 3.63) is 94.9 Å². The van der Waals surface area contributed by atoms with Crippen molar-refractivity contribution in [3.63, 3.8) is 0 Å². The first-order valence-electron chi connectivity index (χ1n) is 12.1. The van der Waals surface area contributed by atoms with Gasteiger partial charge in [-0.05, 0) is 61.5 Å². The number of nitrogens with zero attached hydrogens (tertiary/aromatic N) is 2. The molecular weight excluding hydrogens is 486 g/mol. The van der Waals surface area contributed by atoms with Crippen LogP contribution in [0.5, 0.6) is 5.75 Å². The first-order valence-corrected chi connectivity index (χ1v) is 13.0. The van der Waals surface area contributed by atoms with Crippen molar-refractivity contribution in [2.75, 3.05) is 29.9 Å². The van der Waals surface area contributed by atoms with E-state index in [1.165, 1.54) is 0 Å². The number of carbonyl (C=O) groups is 3. The predicted molar refractivity (Wildman–Crippen MR) is 149 cm³/mol. The first kappa shape index (κ1) is 26.0. The van der Waals surface area contributed by atoms with E-state index in [-0.39, 0.29) is 11.4 Å². The Morgan fingerprint density at radius 1 is 0.973 bits per heavy atom. The van der Waals surface area contributed by atoms with E-state index in [0.29, 0.717) is 23.6 Å². The van der Waals surface area contributed by atoms with Gasteiger partial charge in [-0.25, -0.2) is 0 Å². The van der Waals surface area contributed by atoms with E-state index >= 15 is 0 Å². The number of thioether (sulfide) groups is 1. The van der Waals surface area contributed by atoms with Crippen molar-refractivity contribution in [2.45, 2.75) is 20.5 Å². The fraction of sp³-hybridized carbons (Fsp3) is 0.207. The van der Waals surface area contributed by atoms with Gasteiger partial charge in [-0.15, -0.1) is 0 Å². The molecule has 1 heterocycles. The maximum atomic E-state index is 13.1. The lowest BCUT2D eigenvalue weighted by molar-refractivity contribution is -0.127. The molecule has 4 rings (SSSR count). The maximum absolute atomic E-state index is 13.1. The van der Waals surface area contributed by atoms with E-state index in [2.05, 4.69) is 24.1 Å². The molecule has 0 aromatic heterocycles. The Kier molecular flexibility index (Phi) is 8.64. The summed E-state index contributed by atoms with van der Waals surface area (Å²) >= 11 is 0.820. The van der Waals surface area contributed by atoms with Crippen LogP contribution < -0.4 is 15.0 Å². The number of para-hydroxylation sites is 1. The zero-order valence-electron chi connectivity index (χ0n) is 20.8. The highest BCUT2D eigenvalue weighted by molar-refractivity contribution is 8.18. The second-order valence-electron chi connectivity index (χ2n) is 8.35. The van der Waals surface area contributed by atoms with E-state index in [9.17, 15) is 14.4 Å². The molecular formula is C29H29N3O4S. The fourth-order valence-electron chi connectivity index (χ4n) is 3.93. The zero-order chi connectivity index (χ0) is 26.2. The highest BCUT2D eigenvalue weighted by atomic mass is 32.2. The van der Waals surface area contributed by atoms with Crippen molar-refractivity contribution in [2.24, 2.45) is 0 Å². The Bertz CT molecular complexity index is 1290. The van der Waals surface area contributed by atoms with Crippen molar-refractivity contribution >= 4 is 46.3 Å². The van der Waals surface area contributed by atoms with Crippen molar-refractivity contribution in [3.8, 4) is 5.75 Å². The van der Waals surface area contributed by atoms with Crippen LogP contribution >= 0.6 is 11.8 Å². The van der Waals surface area contributed by atoms with E-state index in [1.807, 2.05) is 54.6 Å². The van der Waals surface area contributed by atoms with Gasteiger partial charge in [0, 0.05) is 36.1 Å². The highest BCUT2D eigenvalue weighted by Gasteiger charge is 2.36. The molecule has 0 unspecified atom stereocenters. The smallest absolute Gasteiger partial charge is 0.294 e. The number of imide groups is 1. The minimum absolute atomic E-state index is 0.248.